The van der Waals surface area contributed by atoms with Gasteiger partial charge in [-0.1, -0.05) is 128 Å². The third-order valence-corrected chi connectivity index (χ3v) is 12.5. The number of aliphatic imine (C=N–C) groups is 1. The van der Waals surface area contributed by atoms with E-state index in [1.54, 1.807) is 36.2 Å². The summed E-state index contributed by atoms with van der Waals surface area (Å²) in [4.78, 5) is 14.8. The van der Waals surface area contributed by atoms with Crippen LogP contribution in [0.25, 0.3) is 0 Å². The fourth-order valence-electron chi connectivity index (χ4n) is 8.34. The van der Waals surface area contributed by atoms with Crippen LogP contribution >= 0.6 is 7.82 Å². The SMILES string of the molecule is CCCCCCCCCCCCCCCCCCOC[C@H](COP(=O)(O)OC1[C@H]2O[C@@](C)(C3C(C)C=C4C(N)=NC=NN43)[C@H](O)[C@@]12O)Oc1ccccc1C#N. The number of nitriles is 1. The molecule has 4 aliphatic rings. The Kier molecular flexibility index (Phi) is 16.4. The highest BCUT2D eigenvalue weighted by Gasteiger charge is 2.83. The summed E-state index contributed by atoms with van der Waals surface area (Å²) in [5.74, 6) is 0.378. The number of ether oxygens (including phenoxy) is 3. The number of amidine groups is 1. The lowest BCUT2D eigenvalue weighted by molar-refractivity contribution is -0.153. The van der Waals surface area contributed by atoms with Crippen LogP contribution in [0, 0.1) is 17.2 Å². The van der Waals surface area contributed by atoms with Crippen LogP contribution in [0.15, 0.2) is 46.1 Å². The third-order valence-electron chi connectivity index (χ3n) is 11.5. The van der Waals surface area contributed by atoms with Gasteiger partial charge in [-0.05, 0) is 25.5 Å². The van der Waals surface area contributed by atoms with Gasteiger partial charge in [0.2, 0.25) is 0 Å². The summed E-state index contributed by atoms with van der Waals surface area (Å²) in [6.07, 6.45) is 18.8. The lowest BCUT2D eigenvalue weighted by Crippen LogP contribution is -2.60. The minimum Gasteiger partial charge on any atom is -0.484 e. The van der Waals surface area contributed by atoms with Crippen molar-refractivity contribution in [2.24, 2.45) is 21.7 Å². The number of phosphoric ester groups is 1. The molecule has 2 fully saturated rings. The van der Waals surface area contributed by atoms with Crippen molar-refractivity contribution < 1.29 is 42.9 Å². The van der Waals surface area contributed by atoms with Crippen LogP contribution in [-0.2, 0) is 23.1 Å². The first-order valence-corrected chi connectivity index (χ1v) is 22.3. The van der Waals surface area contributed by atoms with Crippen molar-refractivity contribution >= 4 is 20.0 Å². The second kappa shape index (κ2) is 20.7. The Morgan fingerprint density at radius 1 is 1.00 bits per heavy atom. The van der Waals surface area contributed by atoms with E-state index in [0.29, 0.717) is 17.9 Å². The zero-order valence-corrected chi connectivity index (χ0v) is 34.4. The predicted octanol–water partition coefficient (Wildman–Crippen LogP) is 6.87. The number of hydrazone groups is 1. The Balaban J connectivity index is 1.02. The largest absolute Gasteiger partial charge is 0.484 e. The second-order valence-corrected chi connectivity index (χ2v) is 17.4. The molecule has 1 saturated heterocycles. The quantitative estimate of drug-likeness (QED) is 0.0532. The molecule has 14 nitrogen and oxygen atoms in total. The molecule has 0 aromatic heterocycles. The Bertz CT molecular complexity index is 1600. The van der Waals surface area contributed by atoms with Gasteiger partial charge in [0.25, 0.3) is 0 Å². The van der Waals surface area contributed by atoms with E-state index >= 15 is 0 Å². The van der Waals surface area contributed by atoms with E-state index in [1.165, 1.54) is 89.8 Å². The maximum absolute atomic E-state index is 13.2. The summed E-state index contributed by atoms with van der Waals surface area (Å²) in [6, 6.07) is 8.22. The number of rotatable bonds is 27. The number of fused-ring (bicyclic) bond motifs is 2. The van der Waals surface area contributed by atoms with Gasteiger partial charge in [0.05, 0.1) is 30.5 Å². The van der Waals surface area contributed by atoms with Crippen molar-refractivity contribution in [1.29, 1.82) is 5.26 Å². The van der Waals surface area contributed by atoms with Gasteiger partial charge in [0.15, 0.2) is 11.4 Å². The van der Waals surface area contributed by atoms with Crippen LogP contribution in [0.1, 0.15) is 129 Å². The first-order chi connectivity index (χ1) is 27.0. The number of hydrogen-bond donors (Lipinski definition) is 4. The minimum absolute atomic E-state index is 0.0402. The molecule has 0 spiro atoms. The highest BCUT2D eigenvalue weighted by atomic mass is 31.2. The van der Waals surface area contributed by atoms with Crippen molar-refractivity contribution in [3.05, 3.63) is 41.6 Å². The van der Waals surface area contributed by atoms with Gasteiger partial charge in [-0.15, -0.1) is 0 Å². The van der Waals surface area contributed by atoms with E-state index in [2.05, 4.69) is 23.1 Å². The molecule has 312 valence electrons. The summed E-state index contributed by atoms with van der Waals surface area (Å²) in [6.45, 7) is 5.94. The summed E-state index contributed by atoms with van der Waals surface area (Å²) < 4.78 is 42.1. The standard InChI is InChI=1S/C41H64N5O9P/c1-4-5-6-7-8-9-10-11-12-13-14-15-16-17-18-21-24-51-27-32(53-34-23-20-19-22-31(34)26-42)28-52-56(49,50)55-37-36-41(37,48)39(47)40(3,54-36)35-30(2)25-33-38(43)44-29-45-46(33)35/h19-20,22-23,25,29-30,32,35-37,39,47-48H,4-18,21,24,27-28H2,1-3H3,(H,49,50)(H2,43,44,45)/t30?,32-,35?,36-,37?,39+,40+,41+/m1/s1. The van der Waals surface area contributed by atoms with Gasteiger partial charge >= 0.3 is 7.82 Å². The number of phosphoric acid groups is 1. The van der Waals surface area contributed by atoms with Gasteiger partial charge in [-0.2, -0.15) is 10.4 Å². The molecule has 0 bridgehead atoms. The number of nitrogens with two attached hydrogens (primary N) is 1. The molecule has 1 aliphatic carbocycles. The summed E-state index contributed by atoms with van der Waals surface area (Å²) >= 11 is 0. The molecular weight excluding hydrogens is 737 g/mol. The van der Waals surface area contributed by atoms with E-state index in [0.717, 1.165) is 19.3 Å². The topological polar surface area (TPSA) is 202 Å². The average molecular weight is 802 g/mol. The van der Waals surface area contributed by atoms with Crippen LogP contribution in [-0.4, -0.2) is 93.8 Å². The number of hydrogen-bond acceptors (Lipinski definition) is 13. The van der Waals surface area contributed by atoms with Crippen molar-refractivity contribution in [2.75, 3.05) is 19.8 Å². The van der Waals surface area contributed by atoms with Crippen LogP contribution < -0.4 is 10.5 Å². The minimum atomic E-state index is -4.80. The number of nitrogens with zero attached hydrogens (tertiary/aromatic N) is 4. The molecule has 5 N–H and O–H groups in total. The van der Waals surface area contributed by atoms with Crippen LogP contribution in [0.3, 0.4) is 0 Å². The Labute approximate surface area is 332 Å². The second-order valence-electron chi connectivity index (χ2n) is 16.0. The zero-order valence-electron chi connectivity index (χ0n) is 33.5. The van der Waals surface area contributed by atoms with Gasteiger partial charge < -0.3 is 35.1 Å². The molecule has 1 aromatic carbocycles. The van der Waals surface area contributed by atoms with Gasteiger partial charge in [-0.25, -0.2) is 9.56 Å². The number of aliphatic hydroxyl groups is 2. The zero-order chi connectivity index (χ0) is 40.2. The number of benzene rings is 1. The fourth-order valence-corrected chi connectivity index (χ4v) is 9.32. The molecule has 56 heavy (non-hydrogen) atoms. The number of para-hydroxylation sites is 1. The van der Waals surface area contributed by atoms with Gasteiger partial charge in [0, 0.05) is 12.5 Å². The summed E-state index contributed by atoms with van der Waals surface area (Å²) in [5.41, 5.74) is 3.63. The Hall–Kier alpha value is -2.86. The maximum atomic E-state index is 13.2. The molecular formula is C41H64N5O9P. The van der Waals surface area contributed by atoms with Crippen LogP contribution in [0.5, 0.6) is 5.75 Å². The monoisotopic (exact) mass is 801 g/mol. The summed E-state index contributed by atoms with van der Waals surface area (Å²) in [5, 5.41) is 38.4. The Morgan fingerprint density at radius 2 is 1.61 bits per heavy atom. The van der Waals surface area contributed by atoms with Crippen molar-refractivity contribution in [3.63, 3.8) is 0 Å². The molecule has 3 aliphatic heterocycles. The van der Waals surface area contributed by atoms with Gasteiger partial charge in [0.1, 0.15) is 48.2 Å². The van der Waals surface area contributed by atoms with E-state index in [1.807, 2.05) is 13.0 Å². The lowest BCUT2D eigenvalue weighted by Gasteiger charge is -2.43. The van der Waals surface area contributed by atoms with E-state index < -0.39 is 56.1 Å². The van der Waals surface area contributed by atoms with E-state index in [-0.39, 0.29) is 24.1 Å². The van der Waals surface area contributed by atoms with Gasteiger partial charge in [-0.3, -0.25) is 14.1 Å². The highest BCUT2D eigenvalue weighted by molar-refractivity contribution is 7.47. The van der Waals surface area contributed by atoms with E-state index in [9.17, 15) is 24.9 Å². The molecule has 5 rings (SSSR count). The lowest BCUT2D eigenvalue weighted by atomic mass is 9.81. The number of unbranched alkanes of at least 4 members (excludes halogenated alkanes) is 15. The molecule has 1 saturated carbocycles. The molecule has 1 aromatic rings. The highest BCUT2D eigenvalue weighted by Crippen LogP contribution is 2.63. The first kappa shape index (κ1) is 44.2. The fraction of sp³-hybridized carbons (Fsp3) is 0.732. The van der Waals surface area contributed by atoms with Crippen molar-refractivity contribution in [2.45, 2.75) is 165 Å². The molecule has 0 radical (unpaired) electrons. The van der Waals surface area contributed by atoms with Crippen LogP contribution in [0.2, 0.25) is 0 Å². The summed E-state index contributed by atoms with van der Waals surface area (Å²) in [7, 11) is -4.80. The molecule has 4 unspecified atom stereocenters. The third kappa shape index (κ3) is 11.0. The molecule has 9 atom stereocenters. The Morgan fingerprint density at radius 3 is 2.20 bits per heavy atom. The van der Waals surface area contributed by atoms with Crippen molar-refractivity contribution in [1.82, 2.24) is 5.01 Å². The molecule has 15 heteroatoms. The molecule has 3 heterocycles. The number of aliphatic hydroxyl groups excluding tert-OH is 1. The molecule has 0 amide bonds. The predicted molar refractivity (Wildman–Crippen MR) is 214 cm³/mol. The first-order valence-electron chi connectivity index (χ1n) is 20.8. The maximum Gasteiger partial charge on any atom is 0.472 e. The van der Waals surface area contributed by atoms with Crippen LogP contribution in [0.4, 0.5) is 0 Å². The smallest absolute Gasteiger partial charge is 0.472 e. The van der Waals surface area contributed by atoms with Crippen molar-refractivity contribution in [3.8, 4) is 11.8 Å². The average Bonchev–Trinajstić information content (AvgIpc) is 3.41. The normalized spacial score (nSPS) is 29.2. The van der Waals surface area contributed by atoms with E-state index in [4.69, 9.17) is 29.0 Å².